The highest BCUT2D eigenvalue weighted by Gasteiger charge is 2.22. The number of aliphatic imine (C=N–C) groups is 1. The number of benzene rings is 1. The summed E-state index contributed by atoms with van der Waals surface area (Å²) < 4.78 is 1.09. The molecule has 1 atom stereocenters. The molecule has 0 spiro atoms. The molecule has 0 amide bonds. The highest BCUT2D eigenvalue weighted by atomic mass is 127. The summed E-state index contributed by atoms with van der Waals surface area (Å²) in [5.74, 6) is 0.0942. The minimum atomic E-state index is -0.0832. The highest BCUT2D eigenvalue weighted by Crippen LogP contribution is 2.31. The Hall–Kier alpha value is -0.710. The number of ketones is 1. The van der Waals surface area contributed by atoms with Crippen molar-refractivity contribution in [3.05, 3.63) is 26.8 Å². The van der Waals surface area contributed by atoms with E-state index >= 15 is 0 Å². The zero-order valence-electron chi connectivity index (χ0n) is 8.04. The molecule has 1 heterocycles. The average molecular weight is 299 g/mol. The van der Waals surface area contributed by atoms with Crippen LogP contribution in [0.2, 0.25) is 0 Å². The van der Waals surface area contributed by atoms with Gasteiger partial charge in [0.15, 0.2) is 5.78 Å². The van der Waals surface area contributed by atoms with E-state index < -0.39 is 0 Å². The van der Waals surface area contributed by atoms with Gasteiger partial charge in [0.2, 0.25) is 0 Å². The number of halogens is 1. The summed E-state index contributed by atoms with van der Waals surface area (Å²) in [4.78, 5) is 16.1. The van der Waals surface area contributed by atoms with Gasteiger partial charge in [-0.2, -0.15) is 0 Å². The first kappa shape index (κ1) is 9.83. The first-order chi connectivity index (χ1) is 6.59. The van der Waals surface area contributed by atoms with Crippen LogP contribution in [0.5, 0.6) is 0 Å². The van der Waals surface area contributed by atoms with E-state index in [0.29, 0.717) is 0 Å². The number of hydrogen-bond acceptors (Lipinski definition) is 2. The Balaban J connectivity index is 2.68. The van der Waals surface area contributed by atoms with E-state index in [2.05, 4.69) is 27.6 Å². The highest BCUT2D eigenvalue weighted by molar-refractivity contribution is 14.1. The molecule has 2 nitrogen and oxygen atoms in total. The minimum Gasteiger partial charge on any atom is -0.293 e. The molecule has 1 aliphatic heterocycles. The normalized spacial score (nSPS) is 19.6. The van der Waals surface area contributed by atoms with E-state index in [1.54, 1.807) is 6.21 Å². The summed E-state index contributed by atoms with van der Waals surface area (Å²) in [7, 11) is 0. The predicted molar refractivity (Wildman–Crippen MR) is 65.5 cm³/mol. The largest absolute Gasteiger partial charge is 0.293 e. The van der Waals surface area contributed by atoms with Crippen molar-refractivity contribution in [1.82, 2.24) is 0 Å². The van der Waals surface area contributed by atoms with E-state index in [1.165, 1.54) is 0 Å². The molecule has 1 aromatic rings. The number of carbonyl (C=O) groups excluding carboxylic acids is 1. The van der Waals surface area contributed by atoms with Gasteiger partial charge in [0.05, 0.1) is 11.6 Å². The second-order valence-electron chi connectivity index (χ2n) is 3.55. The van der Waals surface area contributed by atoms with Crippen molar-refractivity contribution in [2.75, 3.05) is 0 Å². The van der Waals surface area contributed by atoms with Gasteiger partial charge in [-0.3, -0.25) is 9.79 Å². The van der Waals surface area contributed by atoms with Crippen molar-refractivity contribution in [3.8, 4) is 0 Å². The molecule has 0 saturated heterocycles. The van der Waals surface area contributed by atoms with Crippen LogP contribution in [0.15, 0.2) is 17.1 Å². The van der Waals surface area contributed by atoms with Gasteiger partial charge in [-0.25, -0.2) is 0 Å². The molecule has 2 rings (SSSR count). The van der Waals surface area contributed by atoms with Gasteiger partial charge < -0.3 is 0 Å². The van der Waals surface area contributed by atoms with E-state index in [4.69, 9.17) is 0 Å². The quantitative estimate of drug-likeness (QED) is 0.677. The number of aryl methyl sites for hydroxylation is 1. The number of rotatable bonds is 0. The summed E-state index contributed by atoms with van der Waals surface area (Å²) in [5.41, 5.74) is 2.68. The van der Waals surface area contributed by atoms with Gasteiger partial charge in [0.1, 0.15) is 0 Å². The third kappa shape index (κ3) is 1.49. The third-order valence-electron chi connectivity index (χ3n) is 2.37. The van der Waals surface area contributed by atoms with E-state index in [9.17, 15) is 4.79 Å². The Bertz CT molecular complexity index is 437. The summed E-state index contributed by atoms with van der Waals surface area (Å²) in [6, 6.07) is 3.96. The second kappa shape index (κ2) is 3.46. The Kier molecular flexibility index (Phi) is 2.43. The molecule has 14 heavy (non-hydrogen) atoms. The van der Waals surface area contributed by atoms with Crippen molar-refractivity contribution >= 4 is 40.3 Å². The number of Topliss-reactive ketones (excluding diaryl/α,β-unsaturated/α-hetero) is 1. The lowest BCUT2D eigenvalue weighted by Gasteiger charge is -2.15. The zero-order valence-corrected chi connectivity index (χ0v) is 10.2. The van der Waals surface area contributed by atoms with Crippen molar-refractivity contribution < 1.29 is 4.79 Å². The Morgan fingerprint density at radius 2 is 2.14 bits per heavy atom. The van der Waals surface area contributed by atoms with Crippen LogP contribution in [0.3, 0.4) is 0 Å². The number of nitrogens with zero attached hydrogens (tertiary/aromatic N) is 1. The van der Waals surface area contributed by atoms with Crippen LogP contribution in [0.25, 0.3) is 0 Å². The lowest BCUT2D eigenvalue weighted by atomic mass is 9.94. The van der Waals surface area contributed by atoms with Crippen LogP contribution < -0.4 is 0 Å². The topological polar surface area (TPSA) is 29.4 Å². The first-order valence-electron chi connectivity index (χ1n) is 4.48. The van der Waals surface area contributed by atoms with Crippen LogP contribution >= 0.6 is 22.6 Å². The fraction of sp³-hybridized carbons (Fsp3) is 0.273. The smallest absolute Gasteiger partial charge is 0.173 e. The van der Waals surface area contributed by atoms with Gasteiger partial charge in [-0.05, 0) is 47.2 Å². The Morgan fingerprint density at radius 3 is 2.86 bits per heavy atom. The van der Waals surface area contributed by atoms with Gasteiger partial charge >= 0.3 is 0 Å². The van der Waals surface area contributed by atoms with Crippen molar-refractivity contribution in [2.45, 2.75) is 13.8 Å². The second-order valence-corrected chi connectivity index (χ2v) is 4.80. The van der Waals surface area contributed by atoms with Crippen LogP contribution in [0.1, 0.15) is 22.8 Å². The maximum absolute atomic E-state index is 11.8. The lowest BCUT2D eigenvalue weighted by molar-refractivity contribution is 0.0962. The molecule has 1 aliphatic rings. The van der Waals surface area contributed by atoms with Crippen LogP contribution in [-0.2, 0) is 0 Å². The zero-order chi connectivity index (χ0) is 10.3. The summed E-state index contributed by atoms with van der Waals surface area (Å²) in [6.45, 7) is 3.87. The number of carbonyl (C=O) groups is 1. The molecule has 0 aromatic heterocycles. The van der Waals surface area contributed by atoms with Crippen molar-refractivity contribution in [1.29, 1.82) is 0 Å². The Labute approximate surface area is 96.6 Å². The fourth-order valence-electron chi connectivity index (χ4n) is 1.59. The number of fused-ring (bicyclic) bond motifs is 1. The van der Waals surface area contributed by atoms with Gasteiger partial charge in [-0.1, -0.05) is 6.92 Å². The predicted octanol–water partition coefficient (Wildman–Crippen LogP) is 3.13. The lowest BCUT2D eigenvalue weighted by Crippen LogP contribution is -2.16. The van der Waals surface area contributed by atoms with Crippen LogP contribution in [0.4, 0.5) is 5.69 Å². The first-order valence-corrected chi connectivity index (χ1v) is 5.56. The third-order valence-corrected chi connectivity index (χ3v) is 2.99. The Morgan fingerprint density at radius 1 is 1.43 bits per heavy atom. The average Bonchev–Trinajstić information content (AvgIpc) is 2.12. The summed E-state index contributed by atoms with van der Waals surface area (Å²) in [5, 5.41) is 0. The maximum atomic E-state index is 11.8. The molecular weight excluding hydrogens is 289 g/mol. The van der Waals surface area contributed by atoms with E-state index in [-0.39, 0.29) is 11.7 Å². The molecular formula is C11H10INO. The van der Waals surface area contributed by atoms with Crippen LogP contribution in [-0.4, -0.2) is 12.0 Å². The van der Waals surface area contributed by atoms with Crippen molar-refractivity contribution in [3.63, 3.8) is 0 Å². The number of hydrogen-bond donors (Lipinski definition) is 0. The SMILES string of the molecule is Cc1cc(I)cc2c1N=CC(C)C2=O. The molecule has 0 radical (unpaired) electrons. The fourth-order valence-corrected chi connectivity index (χ4v) is 2.37. The molecule has 1 aromatic carbocycles. The van der Waals surface area contributed by atoms with Gasteiger partial charge in [-0.15, -0.1) is 0 Å². The van der Waals surface area contributed by atoms with Crippen LogP contribution in [0, 0.1) is 16.4 Å². The van der Waals surface area contributed by atoms with Crippen molar-refractivity contribution in [2.24, 2.45) is 10.9 Å². The standard InChI is InChI=1S/C11H10INO/c1-6-3-8(12)4-9-10(6)13-5-7(2)11(9)14/h3-5,7H,1-2H3. The minimum absolute atomic E-state index is 0.0832. The molecule has 0 fully saturated rings. The summed E-state index contributed by atoms with van der Waals surface area (Å²) >= 11 is 2.22. The molecule has 0 saturated carbocycles. The monoisotopic (exact) mass is 299 g/mol. The molecule has 3 heteroatoms. The maximum Gasteiger partial charge on any atom is 0.173 e. The summed E-state index contributed by atoms with van der Waals surface area (Å²) in [6.07, 6.45) is 1.73. The molecule has 0 aliphatic carbocycles. The van der Waals surface area contributed by atoms with Gasteiger partial charge in [0, 0.05) is 15.3 Å². The molecule has 0 N–H and O–H groups in total. The molecule has 72 valence electrons. The van der Waals surface area contributed by atoms with E-state index in [1.807, 2.05) is 26.0 Å². The molecule has 1 unspecified atom stereocenters. The molecule has 0 bridgehead atoms. The van der Waals surface area contributed by atoms with E-state index in [0.717, 1.165) is 20.4 Å². The van der Waals surface area contributed by atoms with Gasteiger partial charge in [0.25, 0.3) is 0 Å².